The summed E-state index contributed by atoms with van der Waals surface area (Å²) in [5, 5.41) is 19.0. The fourth-order valence-electron chi connectivity index (χ4n) is 2.99. The molecule has 1 atom stereocenters. The zero-order chi connectivity index (χ0) is 13.8. The van der Waals surface area contributed by atoms with Crippen LogP contribution in [-0.4, -0.2) is 33.7 Å². The topological polar surface area (TPSA) is 60.8 Å². The average molecular weight is 263 g/mol. The average Bonchev–Trinajstić information content (AvgIpc) is 2.89. The second kappa shape index (κ2) is 6.06. The molecule has 2 N–H and O–H groups in total. The molecule has 1 aliphatic rings. The van der Waals surface area contributed by atoms with Gasteiger partial charge in [-0.1, -0.05) is 31.0 Å². The number of hydrogen-bond acceptors (Lipinski definition) is 3. The Hall–Kier alpha value is -1.55. The van der Waals surface area contributed by atoms with Crippen molar-refractivity contribution >= 4 is 5.97 Å². The highest BCUT2D eigenvalue weighted by Crippen LogP contribution is 2.33. The van der Waals surface area contributed by atoms with Crippen LogP contribution < -0.4 is 0 Å². The summed E-state index contributed by atoms with van der Waals surface area (Å²) < 4.78 is 0. The lowest BCUT2D eigenvalue weighted by atomic mass is 10.0. The lowest BCUT2D eigenvalue weighted by molar-refractivity contribution is -0.139. The summed E-state index contributed by atoms with van der Waals surface area (Å²) in [6.45, 7) is 2.00. The molecule has 1 saturated carbocycles. The molecule has 2 rings (SSSR count). The van der Waals surface area contributed by atoms with E-state index in [4.69, 9.17) is 5.11 Å². The van der Waals surface area contributed by atoms with E-state index in [1.54, 1.807) is 12.1 Å². The van der Waals surface area contributed by atoms with E-state index >= 15 is 0 Å². The largest absolute Gasteiger partial charge is 0.508 e. The van der Waals surface area contributed by atoms with Crippen molar-refractivity contribution in [1.29, 1.82) is 0 Å². The maximum Gasteiger partial charge on any atom is 0.317 e. The van der Waals surface area contributed by atoms with Gasteiger partial charge in [-0.2, -0.15) is 0 Å². The van der Waals surface area contributed by atoms with E-state index in [1.807, 2.05) is 24.0 Å². The number of carboxylic acids is 1. The Morgan fingerprint density at radius 3 is 2.58 bits per heavy atom. The van der Waals surface area contributed by atoms with Gasteiger partial charge < -0.3 is 10.2 Å². The molecule has 0 spiro atoms. The van der Waals surface area contributed by atoms with Gasteiger partial charge in [-0.25, -0.2) is 0 Å². The van der Waals surface area contributed by atoms with Gasteiger partial charge in [0.15, 0.2) is 0 Å². The molecule has 1 unspecified atom stereocenters. The molecular formula is C15H21NO3. The lowest BCUT2D eigenvalue weighted by Gasteiger charge is -2.33. The smallest absolute Gasteiger partial charge is 0.317 e. The molecule has 104 valence electrons. The number of carboxylic acid groups (broad SMARTS) is 1. The van der Waals surface area contributed by atoms with E-state index < -0.39 is 5.97 Å². The highest BCUT2D eigenvalue weighted by Gasteiger charge is 2.29. The van der Waals surface area contributed by atoms with Crippen molar-refractivity contribution in [2.45, 2.75) is 44.7 Å². The Balaban J connectivity index is 2.21. The van der Waals surface area contributed by atoms with Crippen LogP contribution >= 0.6 is 0 Å². The molecule has 4 heteroatoms. The van der Waals surface area contributed by atoms with E-state index in [2.05, 4.69) is 0 Å². The maximum atomic E-state index is 11.1. The molecule has 0 bridgehead atoms. The number of hydrogen-bond donors (Lipinski definition) is 2. The Morgan fingerprint density at radius 1 is 1.37 bits per heavy atom. The van der Waals surface area contributed by atoms with Crippen molar-refractivity contribution in [3.8, 4) is 5.75 Å². The molecule has 19 heavy (non-hydrogen) atoms. The number of phenolic OH excluding ortho intramolecular Hbond substituents is 1. The minimum Gasteiger partial charge on any atom is -0.508 e. The van der Waals surface area contributed by atoms with Crippen LogP contribution in [0, 0.1) is 0 Å². The summed E-state index contributed by atoms with van der Waals surface area (Å²) in [4.78, 5) is 13.1. The molecule has 0 saturated heterocycles. The lowest BCUT2D eigenvalue weighted by Crippen LogP contribution is -2.39. The number of benzene rings is 1. The highest BCUT2D eigenvalue weighted by molar-refractivity contribution is 5.69. The Labute approximate surface area is 113 Å². The van der Waals surface area contributed by atoms with Crippen LogP contribution in [0.4, 0.5) is 0 Å². The van der Waals surface area contributed by atoms with E-state index in [-0.39, 0.29) is 18.3 Å². The minimum absolute atomic E-state index is 0.0279. The van der Waals surface area contributed by atoms with Gasteiger partial charge in [0.25, 0.3) is 0 Å². The fraction of sp³-hybridized carbons (Fsp3) is 0.533. The van der Waals surface area contributed by atoms with Crippen molar-refractivity contribution in [1.82, 2.24) is 4.90 Å². The Morgan fingerprint density at radius 2 is 2.00 bits per heavy atom. The van der Waals surface area contributed by atoms with Crippen LogP contribution in [0.2, 0.25) is 0 Å². The van der Waals surface area contributed by atoms with Gasteiger partial charge in [-0.3, -0.25) is 9.69 Å². The van der Waals surface area contributed by atoms with Crippen LogP contribution in [0.5, 0.6) is 5.75 Å². The summed E-state index contributed by atoms with van der Waals surface area (Å²) >= 11 is 0. The van der Waals surface area contributed by atoms with Gasteiger partial charge in [0.1, 0.15) is 5.75 Å². The van der Waals surface area contributed by atoms with E-state index in [1.165, 1.54) is 0 Å². The van der Waals surface area contributed by atoms with Gasteiger partial charge in [-0.05, 0) is 25.8 Å². The first-order valence-electron chi connectivity index (χ1n) is 6.85. The number of rotatable bonds is 5. The normalized spacial score (nSPS) is 17.8. The third-order valence-electron chi connectivity index (χ3n) is 4.00. The second-order valence-electron chi connectivity index (χ2n) is 5.24. The molecular weight excluding hydrogens is 242 g/mol. The number of aromatic hydroxyl groups is 1. The molecule has 1 aliphatic carbocycles. The van der Waals surface area contributed by atoms with Gasteiger partial charge in [0.2, 0.25) is 0 Å². The zero-order valence-corrected chi connectivity index (χ0v) is 11.2. The number of nitrogens with zero attached hydrogens (tertiary/aromatic N) is 1. The summed E-state index contributed by atoms with van der Waals surface area (Å²) in [6.07, 6.45) is 4.42. The Kier molecular flexibility index (Phi) is 4.43. The van der Waals surface area contributed by atoms with Crippen molar-refractivity contribution in [3.63, 3.8) is 0 Å². The first-order valence-corrected chi connectivity index (χ1v) is 6.85. The first-order chi connectivity index (χ1) is 9.09. The molecule has 0 amide bonds. The maximum absolute atomic E-state index is 11.1. The van der Waals surface area contributed by atoms with E-state index in [0.717, 1.165) is 31.2 Å². The minimum atomic E-state index is -0.811. The predicted octanol–water partition coefficient (Wildman–Crippen LogP) is 2.78. The fourth-order valence-corrected chi connectivity index (χ4v) is 2.99. The third kappa shape index (κ3) is 3.26. The van der Waals surface area contributed by atoms with Crippen molar-refractivity contribution in [2.75, 3.05) is 6.54 Å². The van der Waals surface area contributed by atoms with E-state index in [0.29, 0.717) is 6.04 Å². The molecule has 1 aromatic rings. The van der Waals surface area contributed by atoms with Crippen LogP contribution in [-0.2, 0) is 4.79 Å². The quantitative estimate of drug-likeness (QED) is 0.857. The van der Waals surface area contributed by atoms with Crippen LogP contribution in [0.25, 0.3) is 0 Å². The van der Waals surface area contributed by atoms with Gasteiger partial charge in [0, 0.05) is 17.6 Å². The van der Waals surface area contributed by atoms with Crippen molar-refractivity contribution in [3.05, 3.63) is 29.8 Å². The molecule has 0 aromatic heterocycles. The Bertz CT molecular complexity index is 441. The van der Waals surface area contributed by atoms with Crippen LogP contribution in [0.15, 0.2) is 24.3 Å². The SMILES string of the molecule is CC(c1ccccc1O)N(CC(=O)O)C1CCCC1. The number of aliphatic carboxylic acids is 1. The van der Waals surface area contributed by atoms with E-state index in [9.17, 15) is 9.90 Å². The van der Waals surface area contributed by atoms with Crippen LogP contribution in [0.3, 0.4) is 0 Å². The van der Waals surface area contributed by atoms with Crippen LogP contribution in [0.1, 0.15) is 44.2 Å². The number of para-hydroxylation sites is 1. The van der Waals surface area contributed by atoms with Gasteiger partial charge in [-0.15, -0.1) is 0 Å². The summed E-state index contributed by atoms with van der Waals surface area (Å²) in [7, 11) is 0. The standard InChI is InChI=1S/C15H21NO3/c1-11(13-8-4-5-9-14(13)17)16(10-15(18)19)12-6-2-3-7-12/h4-5,8-9,11-12,17H,2-3,6-7,10H2,1H3,(H,18,19). The monoisotopic (exact) mass is 263 g/mol. The summed E-state index contributed by atoms with van der Waals surface area (Å²) in [5.74, 6) is -0.572. The third-order valence-corrected chi connectivity index (χ3v) is 4.00. The van der Waals surface area contributed by atoms with Gasteiger partial charge >= 0.3 is 5.97 Å². The summed E-state index contributed by atoms with van der Waals surface area (Å²) in [6, 6.07) is 7.40. The summed E-state index contributed by atoms with van der Waals surface area (Å²) in [5.41, 5.74) is 0.802. The zero-order valence-electron chi connectivity index (χ0n) is 11.2. The number of phenols is 1. The molecule has 0 aliphatic heterocycles. The second-order valence-corrected chi connectivity index (χ2v) is 5.24. The highest BCUT2D eigenvalue weighted by atomic mass is 16.4. The first kappa shape index (κ1) is 13.9. The van der Waals surface area contributed by atoms with Crippen molar-refractivity contribution in [2.24, 2.45) is 0 Å². The molecule has 4 nitrogen and oxygen atoms in total. The molecule has 0 radical (unpaired) electrons. The molecule has 1 aromatic carbocycles. The predicted molar refractivity (Wildman–Crippen MR) is 73.1 cm³/mol. The molecule has 0 heterocycles. The van der Waals surface area contributed by atoms with Crippen molar-refractivity contribution < 1.29 is 15.0 Å². The number of carbonyl (C=O) groups is 1. The molecule has 1 fully saturated rings. The van der Waals surface area contributed by atoms with Gasteiger partial charge in [0.05, 0.1) is 6.54 Å².